The van der Waals surface area contributed by atoms with Gasteiger partial charge in [-0.1, -0.05) is 18.1 Å². The summed E-state index contributed by atoms with van der Waals surface area (Å²) in [6.45, 7) is 0.545. The molecule has 0 aliphatic heterocycles. The Balaban J connectivity index is 2.15. The first kappa shape index (κ1) is 9.35. The Morgan fingerprint density at radius 1 is 1.33 bits per heavy atom. The monoisotopic (exact) mass is 197 g/mol. The summed E-state index contributed by atoms with van der Waals surface area (Å²) >= 11 is 0. The molecule has 1 aromatic carbocycles. The minimum absolute atomic E-state index is 0.545. The van der Waals surface area contributed by atoms with E-state index in [0.717, 1.165) is 16.9 Å². The Morgan fingerprint density at radius 2 is 2.13 bits per heavy atom. The van der Waals surface area contributed by atoms with Crippen LogP contribution >= 0.6 is 0 Å². The van der Waals surface area contributed by atoms with Crippen molar-refractivity contribution in [3.63, 3.8) is 0 Å². The van der Waals surface area contributed by atoms with E-state index in [9.17, 15) is 0 Å². The lowest BCUT2D eigenvalue weighted by Crippen LogP contribution is -1.97. The summed E-state index contributed by atoms with van der Waals surface area (Å²) in [6.07, 6.45) is 8.62. The second-order valence-corrected chi connectivity index (χ2v) is 3.10. The fourth-order valence-corrected chi connectivity index (χ4v) is 1.33. The van der Waals surface area contributed by atoms with Crippen LogP contribution in [0.2, 0.25) is 0 Å². The van der Waals surface area contributed by atoms with Gasteiger partial charge in [-0.25, -0.2) is 4.98 Å². The molecule has 0 saturated heterocycles. The zero-order valence-corrected chi connectivity index (χ0v) is 8.20. The number of terminal acetylenes is 1. The third kappa shape index (κ3) is 2.18. The number of aromatic amines is 1. The summed E-state index contributed by atoms with van der Waals surface area (Å²) in [7, 11) is 0. The number of H-pyrrole nitrogens is 1. The average molecular weight is 197 g/mol. The maximum absolute atomic E-state index is 5.16. The third-order valence-corrected chi connectivity index (χ3v) is 2.09. The molecule has 2 aromatic rings. The summed E-state index contributed by atoms with van der Waals surface area (Å²) in [5.74, 6) is 2.53. The number of hydrogen-bond acceptors (Lipinski definition) is 2. The fraction of sp³-hybridized carbons (Fsp3) is 0.0833. The summed E-state index contributed by atoms with van der Waals surface area (Å²) in [6, 6.07) is 8.03. The molecule has 15 heavy (non-hydrogen) atoms. The SMILES string of the molecule is C#CCNc1ccc(-c2cnc[nH]2)cc1. The molecule has 0 aliphatic rings. The Kier molecular flexibility index (Phi) is 2.70. The first-order valence-corrected chi connectivity index (χ1v) is 4.66. The molecule has 1 heterocycles. The van der Waals surface area contributed by atoms with Crippen LogP contribution in [0, 0.1) is 12.3 Å². The van der Waals surface area contributed by atoms with Crippen molar-refractivity contribution in [1.29, 1.82) is 0 Å². The summed E-state index contributed by atoms with van der Waals surface area (Å²) in [5.41, 5.74) is 3.15. The number of nitrogens with zero attached hydrogens (tertiary/aromatic N) is 1. The molecule has 74 valence electrons. The molecule has 0 unspecified atom stereocenters. The molecule has 0 bridgehead atoms. The largest absolute Gasteiger partial charge is 0.374 e. The lowest BCUT2D eigenvalue weighted by molar-refractivity contribution is 1.31. The summed E-state index contributed by atoms with van der Waals surface area (Å²) < 4.78 is 0. The average Bonchev–Trinajstić information content (AvgIpc) is 2.80. The van der Waals surface area contributed by atoms with Gasteiger partial charge in [0.15, 0.2) is 0 Å². The highest BCUT2D eigenvalue weighted by molar-refractivity contribution is 5.61. The number of benzene rings is 1. The highest BCUT2D eigenvalue weighted by Crippen LogP contribution is 2.18. The Morgan fingerprint density at radius 3 is 2.73 bits per heavy atom. The van der Waals surface area contributed by atoms with E-state index in [2.05, 4.69) is 21.2 Å². The van der Waals surface area contributed by atoms with Crippen molar-refractivity contribution in [3.8, 4) is 23.6 Å². The minimum Gasteiger partial charge on any atom is -0.374 e. The minimum atomic E-state index is 0.545. The maximum Gasteiger partial charge on any atom is 0.0924 e. The van der Waals surface area contributed by atoms with Crippen LogP contribution in [0.1, 0.15) is 0 Å². The van der Waals surface area contributed by atoms with Gasteiger partial charge in [0.1, 0.15) is 0 Å². The van der Waals surface area contributed by atoms with Gasteiger partial charge in [0.25, 0.3) is 0 Å². The predicted octanol–water partition coefficient (Wildman–Crippen LogP) is 2.12. The van der Waals surface area contributed by atoms with Crippen molar-refractivity contribution in [2.24, 2.45) is 0 Å². The van der Waals surface area contributed by atoms with Gasteiger partial charge in [-0.05, 0) is 17.7 Å². The predicted molar refractivity (Wildman–Crippen MR) is 61.3 cm³/mol. The molecule has 0 aliphatic carbocycles. The second kappa shape index (κ2) is 4.34. The molecule has 0 amide bonds. The molecular weight excluding hydrogens is 186 g/mol. The highest BCUT2D eigenvalue weighted by Gasteiger charge is 1.97. The lowest BCUT2D eigenvalue weighted by Gasteiger charge is -2.03. The first-order chi connectivity index (χ1) is 7.40. The van der Waals surface area contributed by atoms with Crippen LogP contribution < -0.4 is 5.32 Å². The quantitative estimate of drug-likeness (QED) is 0.740. The topological polar surface area (TPSA) is 40.7 Å². The second-order valence-electron chi connectivity index (χ2n) is 3.10. The lowest BCUT2D eigenvalue weighted by atomic mass is 10.1. The van der Waals surface area contributed by atoms with E-state index in [1.54, 1.807) is 12.5 Å². The summed E-state index contributed by atoms with van der Waals surface area (Å²) in [5, 5.41) is 3.10. The molecule has 0 saturated carbocycles. The molecule has 3 heteroatoms. The van der Waals surface area contributed by atoms with Crippen LogP contribution in [0.3, 0.4) is 0 Å². The molecule has 0 spiro atoms. The molecule has 2 rings (SSSR count). The standard InChI is InChI=1S/C12H11N3/c1-2-7-14-11-5-3-10(4-6-11)12-8-13-9-15-12/h1,3-6,8-9,14H,7H2,(H,13,15). The van der Waals surface area contributed by atoms with E-state index in [1.807, 2.05) is 24.3 Å². The van der Waals surface area contributed by atoms with Crippen LogP contribution in [0.25, 0.3) is 11.3 Å². The molecule has 0 fully saturated rings. The van der Waals surface area contributed by atoms with Crippen molar-refractivity contribution in [1.82, 2.24) is 9.97 Å². The van der Waals surface area contributed by atoms with E-state index in [-0.39, 0.29) is 0 Å². The van der Waals surface area contributed by atoms with Crippen molar-refractivity contribution >= 4 is 5.69 Å². The normalized spacial score (nSPS) is 9.53. The number of aromatic nitrogens is 2. The number of hydrogen-bond donors (Lipinski definition) is 2. The Labute approximate surface area is 88.6 Å². The number of nitrogens with one attached hydrogen (secondary N) is 2. The van der Waals surface area contributed by atoms with E-state index >= 15 is 0 Å². The summed E-state index contributed by atoms with van der Waals surface area (Å²) in [4.78, 5) is 7.03. The van der Waals surface area contributed by atoms with Crippen molar-refractivity contribution < 1.29 is 0 Å². The van der Waals surface area contributed by atoms with Crippen LogP contribution in [0.5, 0.6) is 0 Å². The van der Waals surface area contributed by atoms with Gasteiger partial charge in [-0.3, -0.25) is 0 Å². The molecule has 3 nitrogen and oxygen atoms in total. The van der Waals surface area contributed by atoms with Crippen molar-refractivity contribution in [2.45, 2.75) is 0 Å². The molecule has 2 N–H and O–H groups in total. The van der Waals surface area contributed by atoms with Crippen LogP contribution in [0.15, 0.2) is 36.8 Å². The van der Waals surface area contributed by atoms with E-state index < -0.39 is 0 Å². The Bertz CT molecular complexity index is 449. The smallest absolute Gasteiger partial charge is 0.0924 e. The van der Waals surface area contributed by atoms with Gasteiger partial charge in [-0.2, -0.15) is 0 Å². The van der Waals surface area contributed by atoms with Gasteiger partial charge in [-0.15, -0.1) is 6.42 Å². The third-order valence-electron chi connectivity index (χ3n) is 2.09. The van der Waals surface area contributed by atoms with Crippen LogP contribution in [-0.4, -0.2) is 16.5 Å². The number of anilines is 1. The van der Waals surface area contributed by atoms with Crippen molar-refractivity contribution in [3.05, 3.63) is 36.8 Å². The maximum atomic E-state index is 5.16. The van der Waals surface area contributed by atoms with Crippen LogP contribution in [0.4, 0.5) is 5.69 Å². The van der Waals surface area contributed by atoms with Gasteiger partial charge in [0.05, 0.1) is 24.8 Å². The molecule has 1 aromatic heterocycles. The van der Waals surface area contributed by atoms with Gasteiger partial charge < -0.3 is 10.3 Å². The first-order valence-electron chi connectivity index (χ1n) is 4.66. The van der Waals surface area contributed by atoms with Gasteiger partial charge in [0, 0.05) is 5.69 Å². The van der Waals surface area contributed by atoms with Gasteiger partial charge in [0.2, 0.25) is 0 Å². The van der Waals surface area contributed by atoms with Crippen molar-refractivity contribution in [2.75, 3.05) is 11.9 Å². The number of rotatable bonds is 3. The fourth-order valence-electron chi connectivity index (χ4n) is 1.33. The van der Waals surface area contributed by atoms with E-state index in [4.69, 9.17) is 6.42 Å². The Hall–Kier alpha value is -2.21. The molecule has 0 atom stereocenters. The molecule has 0 radical (unpaired) electrons. The highest BCUT2D eigenvalue weighted by atomic mass is 14.9. The zero-order chi connectivity index (χ0) is 10.5. The zero-order valence-electron chi connectivity index (χ0n) is 8.20. The van der Waals surface area contributed by atoms with Gasteiger partial charge >= 0.3 is 0 Å². The van der Waals surface area contributed by atoms with E-state index in [0.29, 0.717) is 6.54 Å². The van der Waals surface area contributed by atoms with Crippen LogP contribution in [-0.2, 0) is 0 Å². The van der Waals surface area contributed by atoms with E-state index in [1.165, 1.54) is 0 Å². The number of imidazole rings is 1. The molecular formula is C12H11N3.